The van der Waals surface area contributed by atoms with Gasteiger partial charge >= 0.3 is 6.16 Å². The van der Waals surface area contributed by atoms with Gasteiger partial charge in [0.15, 0.2) is 0 Å². The van der Waals surface area contributed by atoms with Crippen molar-refractivity contribution < 1.29 is 29.1 Å². The van der Waals surface area contributed by atoms with E-state index < -0.39 is 6.16 Å². The Balaban J connectivity index is -0.0000000171. The molecule has 0 rings (SSSR count). The zero-order chi connectivity index (χ0) is 6.99. The van der Waals surface area contributed by atoms with E-state index >= 15 is 0 Å². The summed E-state index contributed by atoms with van der Waals surface area (Å²) in [7, 11) is 2.12. The van der Waals surface area contributed by atoms with Crippen LogP contribution >= 0.6 is 0 Å². The molecule has 0 aliphatic carbocycles. The fraction of sp³-hybridized carbons (Fsp3) is 0.750. The maximum atomic E-state index is 8.56. The average Bonchev–Trinajstić information content (AvgIpc) is 1.65. The van der Waals surface area contributed by atoms with E-state index in [-0.39, 0.29) is 14.1 Å². The molecule has 3 nitrogen and oxygen atoms in total. The molecule has 0 heterocycles. The molecule has 0 atom stereocenters. The van der Waals surface area contributed by atoms with E-state index in [2.05, 4.69) is 21.0 Å². The zero-order valence-corrected chi connectivity index (χ0v) is 6.31. The molecule has 0 aromatic rings. The average molecular weight is 177 g/mol. The molecule has 0 spiro atoms. The smallest absolute Gasteiger partial charge is 0.450 e. The number of carboxylic acid groups (broad SMARTS) is 2. The highest BCUT2D eigenvalue weighted by molar-refractivity contribution is 6.33. The molecule has 0 bridgehead atoms. The first-order valence-electron chi connectivity index (χ1n) is 2.34. The van der Waals surface area contributed by atoms with E-state index in [4.69, 9.17) is 15.0 Å². The van der Waals surface area contributed by atoms with E-state index in [1.54, 1.807) is 0 Å². The highest BCUT2D eigenvalue weighted by Gasteiger charge is 1.70. The number of carbonyl (C=O) groups is 1. The Morgan fingerprint density at radius 2 is 1.36 bits per heavy atom. The summed E-state index contributed by atoms with van der Waals surface area (Å²) in [4.78, 5) is 8.56. The molecule has 1 radical (unpaired) electrons. The molecule has 0 saturated carbocycles. The standard InChI is InChI=1S/C3H8B.CH2O3.3FH/c1-3-4-2;2-1(3)4;;;/h3H2,1-2H3;(H2,2,3,4);3*1H. The van der Waals surface area contributed by atoms with Gasteiger partial charge in [-0.1, -0.05) is 20.1 Å². The molecule has 0 fully saturated rings. The van der Waals surface area contributed by atoms with Crippen LogP contribution in [0.2, 0.25) is 13.1 Å². The van der Waals surface area contributed by atoms with Crippen molar-refractivity contribution in [1.29, 1.82) is 0 Å². The fourth-order valence-corrected chi connectivity index (χ4v) is 0. The first-order chi connectivity index (χ1) is 3.65. The van der Waals surface area contributed by atoms with Crippen molar-refractivity contribution in [3.05, 3.63) is 0 Å². The minimum atomic E-state index is -1.83. The summed E-state index contributed by atoms with van der Waals surface area (Å²) in [5.74, 6) is 0. The van der Waals surface area contributed by atoms with Crippen molar-refractivity contribution in [2.24, 2.45) is 0 Å². The predicted octanol–water partition coefficient (Wildman–Crippen LogP) is 1.86. The normalized spacial score (nSPS) is 4.55. The van der Waals surface area contributed by atoms with Gasteiger partial charge in [0.1, 0.15) is 7.28 Å². The molecule has 11 heavy (non-hydrogen) atoms. The number of halogens is 3. The molecule has 0 aromatic carbocycles. The van der Waals surface area contributed by atoms with Gasteiger partial charge in [0.25, 0.3) is 0 Å². The second-order valence-electron chi connectivity index (χ2n) is 1.10. The zero-order valence-electron chi connectivity index (χ0n) is 6.31. The largest absolute Gasteiger partial charge is 0.503 e. The molecular weight excluding hydrogens is 164 g/mol. The van der Waals surface area contributed by atoms with E-state index in [0.29, 0.717) is 0 Å². The second kappa shape index (κ2) is 35.4. The summed E-state index contributed by atoms with van der Waals surface area (Å²) < 4.78 is 0. The van der Waals surface area contributed by atoms with Crippen LogP contribution in [0.3, 0.4) is 0 Å². The minimum absolute atomic E-state index is 0. The van der Waals surface area contributed by atoms with Crippen molar-refractivity contribution in [3.8, 4) is 0 Å². The lowest BCUT2D eigenvalue weighted by Gasteiger charge is -1.64. The van der Waals surface area contributed by atoms with E-state index in [9.17, 15) is 0 Å². The first kappa shape index (κ1) is 32.1. The first-order valence-corrected chi connectivity index (χ1v) is 2.34. The molecule has 7 heteroatoms. The summed E-state index contributed by atoms with van der Waals surface area (Å²) in [6.45, 7) is 4.18. The van der Waals surface area contributed by atoms with Crippen molar-refractivity contribution in [1.82, 2.24) is 0 Å². The topological polar surface area (TPSA) is 57.5 Å². The van der Waals surface area contributed by atoms with Gasteiger partial charge in [0.05, 0.1) is 0 Å². The Labute approximate surface area is 63.8 Å². The van der Waals surface area contributed by atoms with Crippen molar-refractivity contribution in [2.75, 3.05) is 0 Å². The molecule has 0 aromatic heterocycles. The Bertz CT molecular complexity index is 58.5. The summed E-state index contributed by atoms with van der Waals surface area (Å²) in [6, 6.07) is 0. The molecule has 0 aliphatic heterocycles. The predicted molar refractivity (Wildman–Crippen MR) is 40.3 cm³/mol. The van der Waals surface area contributed by atoms with Crippen molar-refractivity contribution >= 4 is 13.4 Å². The summed E-state index contributed by atoms with van der Waals surface area (Å²) in [5.41, 5.74) is 0. The van der Waals surface area contributed by atoms with Gasteiger partial charge in [-0.15, -0.1) is 0 Å². The Kier molecular flexibility index (Phi) is 103. The van der Waals surface area contributed by atoms with E-state index in [0.717, 1.165) is 0 Å². The number of hydrogen-bond acceptors (Lipinski definition) is 1. The molecule has 0 unspecified atom stereocenters. The van der Waals surface area contributed by atoms with Crippen LogP contribution in [-0.2, 0) is 0 Å². The van der Waals surface area contributed by atoms with Gasteiger partial charge in [-0.3, -0.25) is 14.1 Å². The van der Waals surface area contributed by atoms with Crippen LogP contribution in [0.1, 0.15) is 6.92 Å². The van der Waals surface area contributed by atoms with Crippen LogP contribution in [-0.4, -0.2) is 23.6 Å². The van der Waals surface area contributed by atoms with Crippen LogP contribution in [0.4, 0.5) is 18.9 Å². The quantitative estimate of drug-likeness (QED) is 0.600. The van der Waals surface area contributed by atoms with Gasteiger partial charge < -0.3 is 10.2 Å². The van der Waals surface area contributed by atoms with Crippen LogP contribution < -0.4 is 0 Å². The van der Waals surface area contributed by atoms with E-state index in [1.165, 1.54) is 6.32 Å². The summed E-state index contributed by atoms with van der Waals surface area (Å²) in [5, 5.41) is 13.9. The van der Waals surface area contributed by atoms with Crippen molar-refractivity contribution in [3.63, 3.8) is 0 Å². The van der Waals surface area contributed by atoms with Gasteiger partial charge in [-0.05, 0) is 0 Å². The molecule has 0 amide bonds. The fourth-order valence-electron chi connectivity index (χ4n) is 0. The summed E-state index contributed by atoms with van der Waals surface area (Å²) in [6.07, 6.45) is -0.639. The van der Waals surface area contributed by atoms with Crippen LogP contribution in [0, 0.1) is 0 Å². The Hall–Kier alpha value is -0.875. The second-order valence-corrected chi connectivity index (χ2v) is 1.10. The molecule has 0 saturated heterocycles. The number of hydrogen-bond donors (Lipinski definition) is 2. The SMILES string of the molecule is C[B]CC.F.F.F.O=C(O)O. The van der Waals surface area contributed by atoms with Gasteiger partial charge in [-0.2, -0.15) is 0 Å². The molecular formula is C4H13BF3O3. The Morgan fingerprint density at radius 3 is 1.36 bits per heavy atom. The maximum absolute atomic E-state index is 8.56. The van der Waals surface area contributed by atoms with Gasteiger partial charge in [0.2, 0.25) is 0 Å². The highest BCUT2D eigenvalue weighted by atomic mass is 19.0. The monoisotopic (exact) mass is 177 g/mol. The van der Waals surface area contributed by atoms with Crippen LogP contribution in [0.5, 0.6) is 0 Å². The molecule has 71 valence electrons. The lowest BCUT2D eigenvalue weighted by Crippen LogP contribution is -1.81. The third-order valence-electron chi connectivity index (χ3n) is 0.408. The minimum Gasteiger partial charge on any atom is -0.450 e. The van der Waals surface area contributed by atoms with Gasteiger partial charge in [-0.25, -0.2) is 4.79 Å². The Morgan fingerprint density at radius 1 is 1.27 bits per heavy atom. The summed E-state index contributed by atoms with van der Waals surface area (Å²) >= 11 is 0. The number of rotatable bonds is 1. The van der Waals surface area contributed by atoms with Crippen molar-refractivity contribution in [2.45, 2.75) is 20.1 Å². The lowest BCUT2D eigenvalue weighted by molar-refractivity contribution is 0.137. The molecule has 2 N–H and O–H groups in total. The highest BCUT2D eigenvalue weighted by Crippen LogP contribution is 1.64. The molecule has 0 aliphatic rings. The van der Waals surface area contributed by atoms with Crippen LogP contribution in [0.15, 0.2) is 0 Å². The lowest BCUT2D eigenvalue weighted by atomic mass is 9.79. The van der Waals surface area contributed by atoms with E-state index in [1.807, 2.05) is 0 Å². The maximum Gasteiger partial charge on any atom is 0.503 e. The third-order valence-corrected chi connectivity index (χ3v) is 0.408. The van der Waals surface area contributed by atoms with Gasteiger partial charge in [0, 0.05) is 0 Å². The third kappa shape index (κ3) is 29700. The van der Waals surface area contributed by atoms with Crippen LogP contribution in [0.25, 0.3) is 0 Å².